The molecule has 1 aromatic rings. The quantitative estimate of drug-likeness (QED) is 0.786. The molecule has 130 valence electrons. The molecule has 1 aromatic carbocycles. The summed E-state index contributed by atoms with van der Waals surface area (Å²) >= 11 is 0. The van der Waals surface area contributed by atoms with Crippen molar-refractivity contribution >= 4 is 17.9 Å². The molecule has 2 amide bonds. The van der Waals surface area contributed by atoms with E-state index in [2.05, 4.69) is 0 Å². The first-order valence-corrected chi connectivity index (χ1v) is 7.95. The summed E-state index contributed by atoms with van der Waals surface area (Å²) in [6.07, 6.45) is -0.841. The van der Waals surface area contributed by atoms with Crippen LogP contribution >= 0.6 is 0 Å². The Morgan fingerprint density at radius 2 is 1.92 bits per heavy atom. The van der Waals surface area contributed by atoms with Crippen LogP contribution in [0.2, 0.25) is 0 Å². The average Bonchev–Trinajstić information content (AvgIpc) is 2.47. The SMILES string of the molecule is CC(C)(C)N1C(=O)OC2(CCN(C(=O)O)CC2)c2cc(F)ccc21. The van der Waals surface area contributed by atoms with Crippen LogP contribution in [0.1, 0.15) is 39.2 Å². The van der Waals surface area contributed by atoms with E-state index in [0.717, 1.165) is 0 Å². The number of benzene rings is 1. The number of piperidine rings is 1. The zero-order chi connectivity index (χ0) is 17.7. The first-order valence-electron chi connectivity index (χ1n) is 7.95. The minimum absolute atomic E-state index is 0.244. The Morgan fingerprint density at radius 1 is 1.29 bits per heavy atom. The van der Waals surface area contributed by atoms with Crippen molar-refractivity contribution in [2.24, 2.45) is 0 Å². The standard InChI is InChI=1S/C17H21FN2O4/c1-16(2,3)20-13-5-4-11(18)10-12(13)17(24-15(20)23)6-8-19(9-7-17)14(21)22/h4-5,10H,6-9H2,1-3H3,(H,21,22). The number of carboxylic acid groups (broad SMARTS) is 1. The summed E-state index contributed by atoms with van der Waals surface area (Å²) in [5.41, 5.74) is -0.249. The molecule has 2 heterocycles. The Kier molecular flexibility index (Phi) is 3.69. The van der Waals surface area contributed by atoms with Crippen LogP contribution < -0.4 is 4.90 Å². The summed E-state index contributed by atoms with van der Waals surface area (Å²) in [5, 5.41) is 9.12. The second-order valence-electron chi connectivity index (χ2n) is 7.30. The largest absolute Gasteiger partial charge is 0.465 e. The minimum Gasteiger partial charge on any atom is -0.465 e. The fraction of sp³-hybridized carbons (Fsp3) is 0.529. The smallest absolute Gasteiger partial charge is 0.415 e. The highest BCUT2D eigenvalue weighted by molar-refractivity contribution is 5.93. The summed E-state index contributed by atoms with van der Waals surface area (Å²) in [7, 11) is 0. The van der Waals surface area contributed by atoms with E-state index in [4.69, 9.17) is 9.84 Å². The molecule has 2 aliphatic rings. The van der Waals surface area contributed by atoms with Crippen LogP contribution in [0, 0.1) is 5.82 Å². The van der Waals surface area contributed by atoms with Gasteiger partial charge in [0.15, 0.2) is 0 Å². The second kappa shape index (κ2) is 5.36. The number of anilines is 1. The summed E-state index contributed by atoms with van der Waals surface area (Å²) in [5.74, 6) is -0.402. The zero-order valence-corrected chi connectivity index (χ0v) is 14.0. The topological polar surface area (TPSA) is 70.1 Å². The first kappa shape index (κ1) is 16.5. The van der Waals surface area contributed by atoms with Crippen molar-refractivity contribution in [1.82, 2.24) is 4.90 Å². The Bertz CT molecular complexity index is 690. The molecule has 2 aliphatic heterocycles. The highest BCUT2D eigenvalue weighted by atomic mass is 19.1. The van der Waals surface area contributed by atoms with Gasteiger partial charge in [-0.15, -0.1) is 0 Å². The molecule has 6 nitrogen and oxygen atoms in total. The Hall–Kier alpha value is -2.31. The van der Waals surface area contributed by atoms with E-state index in [1.165, 1.54) is 21.9 Å². The van der Waals surface area contributed by atoms with E-state index in [1.807, 2.05) is 20.8 Å². The lowest BCUT2D eigenvalue weighted by atomic mass is 9.81. The molecule has 0 saturated carbocycles. The number of hydrogen-bond donors (Lipinski definition) is 1. The van der Waals surface area contributed by atoms with Crippen LogP contribution in [0.15, 0.2) is 18.2 Å². The van der Waals surface area contributed by atoms with Crippen molar-refractivity contribution in [3.8, 4) is 0 Å². The van der Waals surface area contributed by atoms with Gasteiger partial charge in [-0.3, -0.25) is 4.90 Å². The Morgan fingerprint density at radius 3 is 2.46 bits per heavy atom. The summed E-state index contributed by atoms with van der Waals surface area (Å²) in [6, 6.07) is 4.33. The number of carbonyl (C=O) groups is 2. The van der Waals surface area contributed by atoms with Gasteiger partial charge < -0.3 is 14.7 Å². The summed E-state index contributed by atoms with van der Waals surface area (Å²) in [4.78, 5) is 26.6. The molecule has 1 spiro atoms. The third-order valence-corrected chi connectivity index (χ3v) is 4.67. The van der Waals surface area contributed by atoms with Crippen molar-refractivity contribution in [3.05, 3.63) is 29.6 Å². The maximum Gasteiger partial charge on any atom is 0.415 e. The lowest BCUT2D eigenvalue weighted by Gasteiger charge is -2.49. The maximum atomic E-state index is 13.9. The van der Waals surface area contributed by atoms with Crippen LogP contribution in [0.4, 0.5) is 19.7 Å². The van der Waals surface area contributed by atoms with Crippen molar-refractivity contribution in [3.63, 3.8) is 0 Å². The monoisotopic (exact) mass is 336 g/mol. The van der Waals surface area contributed by atoms with Gasteiger partial charge in [-0.2, -0.15) is 0 Å². The molecule has 1 fully saturated rings. The number of fused-ring (bicyclic) bond motifs is 2. The highest BCUT2D eigenvalue weighted by Crippen LogP contribution is 2.47. The Labute approximate surface area is 139 Å². The van der Waals surface area contributed by atoms with Crippen molar-refractivity contribution in [2.45, 2.75) is 44.8 Å². The molecular formula is C17H21FN2O4. The second-order valence-corrected chi connectivity index (χ2v) is 7.30. The highest BCUT2D eigenvalue weighted by Gasteiger charge is 2.49. The zero-order valence-electron chi connectivity index (χ0n) is 14.0. The Balaban J connectivity index is 2.06. The van der Waals surface area contributed by atoms with Crippen LogP contribution in [-0.2, 0) is 10.3 Å². The number of amides is 2. The summed E-state index contributed by atoms with van der Waals surface area (Å²) in [6.45, 7) is 6.13. The van der Waals surface area contributed by atoms with Crippen molar-refractivity contribution < 1.29 is 23.8 Å². The van der Waals surface area contributed by atoms with Gasteiger partial charge in [0, 0.05) is 37.0 Å². The third kappa shape index (κ3) is 2.57. The van der Waals surface area contributed by atoms with Crippen molar-refractivity contribution in [1.29, 1.82) is 0 Å². The summed E-state index contributed by atoms with van der Waals surface area (Å²) < 4.78 is 19.7. The normalized spacial score (nSPS) is 19.9. The fourth-order valence-corrected chi connectivity index (χ4v) is 3.50. The molecule has 0 aliphatic carbocycles. The van der Waals surface area contributed by atoms with E-state index < -0.39 is 29.1 Å². The van der Waals surface area contributed by atoms with Gasteiger partial charge in [-0.1, -0.05) is 0 Å². The van der Waals surface area contributed by atoms with Gasteiger partial charge in [-0.25, -0.2) is 14.0 Å². The number of hydrogen-bond acceptors (Lipinski definition) is 3. The molecule has 0 atom stereocenters. The van der Waals surface area contributed by atoms with Crippen molar-refractivity contribution in [2.75, 3.05) is 18.0 Å². The van der Waals surface area contributed by atoms with Gasteiger partial charge in [0.1, 0.15) is 11.4 Å². The van der Waals surface area contributed by atoms with E-state index in [9.17, 15) is 14.0 Å². The molecule has 0 aromatic heterocycles. The van der Waals surface area contributed by atoms with E-state index in [1.54, 1.807) is 6.07 Å². The number of carbonyl (C=O) groups excluding carboxylic acids is 1. The molecule has 1 N–H and O–H groups in total. The van der Waals surface area contributed by atoms with Crippen LogP contribution in [0.3, 0.4) is 0 Å². The molecule has 0 radical (unpaired) electrons. The van der Waals surface area contributed by atoms with E-state index in [-0.39, 0.29) is 13.1 Å². The van der Waals surface area contributed by atoms with Crippen LogP contribution in [-0.4, -0.2) is 40.8 Å². The first-order chi connectivity index (χ1) is 11.1. The van der Waals surface area contributed by atoms with Gasteiger partial charge in [-0.05, 0) is 39.0 Å². The average molecular weight is 336 g/mol. The molecule has 1 saturated heterocycles. The van der Waals surface area contributed by atoms with Crippen LogP contribution in [0.5, 0.6) is 0 Å². The maximum absolute atomic E-state index is 13.9. The number of likely N-dealkylation sites (tertiary alicyclic amines) is 1. The molecule has 24 heavy (non-hydrogen) atoms. The van der Waals surface area contributed by atoms with Crippen LogP contribution in [0.25, 0.3) is 0 Å². The lowest BCUT2D eigenvalue weighted by molar-refractivity contribution is -0.0400. The third-order valence-electron chi connectivity index (χ3n) is 4.67. The van der Waals surface area contributed by atoms with Gasteiger partial charge in [0.2, 0.25) is 0 Å². The predicted molar refractivity (Wildman–Crippen MR) is 85.6 cm³/mol. The molecule has 0 unspecified atom stereocenters. The minimum atomic E-state index is -0.997. The predicted octanol–water partition coefficient (Wildman–Crippen LogP) is 3.55. The van der Waals surface area contributed by atoms with Gasteiger partial charge >= 0.3 is 12.2 Å². The molecule has 3 rings (SSSR count). The molecule has 7 heteroatoms. The number of nitrogens with zero attached hydrogens (tertiary/aromatic N) is 2. The van der Waals surface area contributed by atoms with Gasteiger partial charge in [0.25, 0.3) is 0 Å². The number of halogens is 1. The van der Waals surface area contributed by atoms with Gasteiger partial charge in [0.05, 0.1) is 5.69 Å². The lowest BCUT2D eigenvalue weighted by Crippen LogP contribution is -2.56. The van der Waals surface area contributed by atoms with E-state index >= 15 is 0 Å². The van der Waals surface area contributed by atoms with E-state index in [0.29, 0.717) is 24.1 Å². The number of ether oxygens (including phenoxy) is 1. The molecular weight excluding hydrogens is 315 g/mol. The number of rotatable bonds is 0. The fourth-order valence-electron chi connectivity index (χ4n) is 3.50. The molecule has 0 bridgehead atoms.